The van der Waals surface area contributed by atoms with Crippen molar-refractivity contribution in [3.05, 3.63) is 60.8 Å². The second kappa shape index (κ2) is 34.2. The van der Waals surface area contributed by atoms with Crippen LogP contribution in [0.3, 0.4) is 0 Å². The smallest absolute Gasteiger partial charge is 0.462 e. The lowest BCUT2D eigenvalue weighted by atomic mass is 10.1. The number of phosphoric ester groups is 1. The molecule has 0 aromatic heterocycles. The molecule has 0 radical (unpaired) electrons. The van der Waals surface area contributed by atoms with Crippen molar-refractivity contribution >= 4 is 19.8 Å². The van der Waals surface area contributed by atoms with Gasteiger partial charge in [-0.25, -0.2) is 4.57 Å². The lowest BCUT2D eigenvalue weighted by Crippen LogP contribution is -2.37. The summed E-state index contributed by atoms with van der Waals surface area (Å²) < 4.78 is 34.1. The summed E-state index contributed by atoms with van der Waals surface area (Å²) in [5.41, 5.74) is 0. The van der Waals surface area contributed by atoms with Crippen molar-refractivity contribution in [2.75, 3.05) is 47.5 Å². The van der Waals surface area contributed by atoms with Gasteiger partial charge in [-0.1, -0.05) is 99.8 Å². The fourth-order valence-electron chi connectivity index (χ4n) is 4.83. The van der Waals surface area contributed by atoms with Crippen LogP contribution in [-0.4, -0.2) is 86.1 Å². The summed E-state index contributed by atoms with van der Waals surface area (Å²) in [5.74, 6) is -0.900. The van der Waals surface area contributed by atoms with E-state index in [0.29, 0.717) is 30.3 Å². The van der Waals surface area contributed by atoms with E-state index >= 15 is 0 Å². The highest BCUT2D eigenvalue weighted by Crippen LogP contribution is 2.43. The quantitative estimate of drug-likeness (QED) is 0.0213. The summed E-state index contributed by atoms with van der Waals surface area (Å²) in [4.78, 5) is 35.2. The zero-order chi connectivity index (χ0) is 39.5. The van der Waals surface area contributed by atoms with Gasteiger partial charge in [0.2, 0.25) is 0 Å². The number of quaternary nitrogens is 1. The molecule has 0 aromatic carbocycles. The number of ether oxygens (including phenoxy) is 2. The average molecular weight is 769 g/mol. The first-order valence-corrected chi connectivity index (χ1v) is 21.5. The first-order valence-electron chi connectivity index (χ1n) is 20.0. The van der Waals surface area contributed by atoms with E-state index in [2.05, 4.69) is 61.6 Å². The molecule has 0 bridgehead atoms. The zero-order valence-corrected chi connectivity index (χ0v) is 34.7. The number of unbranched alkanes of at least 4 members (excludes halogenated alkanes) is 9. The van der Waals surface area contributed by atoms with Crippen LogP contribution in [0.1, 0.15) is 136 Å². The molecule has 0 aliphatic rings. The Morgan fingerprint density at radius 1 is 0.660 bits per heavy atom. The van der Waals surface area contributed by atoms with Crippen molar-refractivity contribution < 1.29 is 47.2 Å². The second-order valence-corrected chi connectivity index (χ2v) is 16.0. The van der Waals surface area contributed by atoms with Crippen LogP contribution >= 0.6 is 7.82 Å². The molecule has 1 unspecified atom stereocenters. The molecule has 3 atom stereocenters. The Bertz CT molecular complexity index is 1110. The Kier molecular flexibility index (Phi) is 32.7. The second-order valence-electron chi connectivity index (χ2n) is 14.6. The van der Waals surface area contributed by atoms with E-state index in [4.69, 9.17) is 18.5 Å². The molecule has 0 aliphatic heterocycles. The Morgan fingerprint density at radius 3 is 1.77 bits per heavy atom. The maximum absolute atomic E-state index is 12.6. The number of hydrogen-bond donors (Lipinski definition) is 2. The van der Waals surface area contributed by atoms with Crippen molar-refractivity contribution in [3.8, 4) is 0 Å². The molecule has 0 rings (SSSR count). The molecule has 53 heavy (non-hydrogen) atoms. The van der Waals surface area contributed by atoms with E-state index in [-0.39, 0.29) is 32.2 Å². The van der Waals surface area contributed by atoms with Crippen LogP contribution in [0.15, 0.2) is 60.8 Å². The van der Waals surface area contributed by atoms with Crippen molar-refractivity contribution in [2.45, 2.75) is 148 Å². The van der Waals surface area contributed by atoms with Crippen LogP contribution in [0.25, 0.3) is 0 Å². The fourth-order valence-corrected chi connectivity index (χ4v) is 5.57. The van der Waals surface area contributed by atoms with E-state index in [1.807, 2.05) is 34.1 Å². The highest BCUT2D eigenvalue weighted by Gasteiger charge is 2.27. The third-order valence-electron chi connectivity index (χ3n) is 8.04. The number of aliphatic hydroxyl groups excluding tert-OH is 1. The Balaban J connectivity index is 4.53. The number of phosphoric acid groups is 1. The van der Waals surface area contributed by atoms with Crippen LogP contribution in [0.2, 0.25) is 0 Å². The maximum Gasteiger partial charge on any atom is 0.472 e. The molecule has 0 aliphatic carbocycles. The molecule has 306 valence electrons. The van der Waals surface area contributed by atoms with E-state index in [1.54, 1.807) is 0 Å². The van der Waals surface area contributed by atoms with Crippen molar-refractivity contribution in [3.63, 3.8) is 0 Å². The number of carbonyl (C=O) groups is 2. The molecule has 0 saturated heterocycles. The maximum atomic E-state index is 12.6. The summed E-state index contributed by atoms with van der Waals surface area (Å²) >= 11 is 0. The first kappa shape index (κ1) is 50.7. The van der Waals surface area contributed by atoms with Gasteiger partial charge in [-0.05, 0) is 84.0 Å². The van der Waals surface area contributed by atoms with E-state index < -0.39 is 32.5 Å². The summed E-state index contributed by atoms with van der Waals surface area (Å²) in [7, 11) is 1.41. The number of likely N-dealkylation sites (N-methyl/N-ethyl adjacent to an activating group) is 1. The zero-order valence-electron chi connectivity index (χ0n) is 33.8. The minimum Gasteiger partial charge on any atom is -0.462 e. The van der Waals surface area contributed by atoms with Gasteiger partial charge in [0.15, 0.2) is 6.10 Å². The summed E-state index contributed by atoms with van der Waals surface area (Å²) in [6.07, 6.45) is 37.0. The van der Waals surface area contributed by atoms with Gasteiger partial charge in [0, 0.05) is 12.8 Å². The van der Waals surface area contributed by atoms with E-state index in [1.165, 1.54) is 12.8 Å². The molecule has 0 heterocycles. The number of esters is 2. The van der Waals surface area contributed by atoms with Gasteiger partial charge in [0.25, 0.3) is 0 Å². The van der Waals surface area contributed by atoms with E-state index in [0.717, 1.165) is 77.0 Å². The van der Waals surface area contributed by atoms with Crippen LogP contribution in [0, 0.1) is 0 Å². The molecule has 0 spiro atoms. The minimum absolute atomic E-state index is 0.0118. The Morgan fingerprint density at radius 2 is 1.17 bits per heavy atom. The minimum atomic E-state index is -4.40. The molecule has 11 heteroatoms. The van der Waals surface area contributed by atoms with Crippen molar-refractivity contribution in [2.24, 2.45) is 0 Å². The van der Waals surface area contributed by atoms with Crippen LogP contribution in [0.4, 0.5) is 0 Å². The number of allylic oxidation sites excluding steroid dienone is 10. The van der Waals surface area contributed by atoms with E-state index in [9.17, 15) is 24.2 Å². The predicted octanol–water partition coefficient (Wildman–Crippen LogP) is 9.87. The lowest BCUT2D eigenvalue weighted by molar-refractivity contribution is -0.870. The molecular formula is C42H75NO9P+. The predicted molar refractivity (Wildman–Crippen MR) is 216 cm³/mol. The van der Waals surface area contributed by atoms with Gasteiger partial charge in [0.1, 0.15) is 19.8 Å². The van der Waals surface area contributed by atoms with Crippen LogP contribution in [-0.2, 0) is 32.7 Å². The largest absolute Gasteiger partial charge is 0.472 e. The molecule has 0 aromatic rings. The molecule has 0 saturated carbocycles. The third kappa shape index (κ3) is 39.2. The molecule has 0 amide bonds. The number of carbonyl (C=O) groups excluding carboxylic acids is 2. The molecule has 2 N–H and O–H groups in total. The standard InChI is InChI=1S/C42H74NO9P/c1-6-7-8-9-10-11-17-21-24-27-30-33-41(45)49-37-40(38-51-53(47,48)50-36-35-43(3,4)5)52-42(46)34-31-28-25-22-19-16-14-12-13-15-18-20-23-26-29-32-39(2)44/h9-10,13-16,20,22-23,25,39-40,44H,6-8,11-12,17-19,21,24,26-38H2,1-5H3/p+1/b10-9-,15-13-,16-14-,23-20-,25-22-/t39-,40+/m0/s1. The third-order valence-corrected chi connectivity index (χ3v) is 9.02. The number of rotatable bonds is 35. The topological polar surface area (TPSA) is 129 Å². The monoisotopic (exact) mass is 769 g/mol. The summed E-state index contributed by atoms with van der Waals surface area (Å²) in [6, 6.07) is 0. The summed E-state index contributed by atoms with van der Waals surface area (Å²) in [5, 5.41) is 9.27. The highest BCUT2D eigenvalue weighted by molar-refractivity contribution is 7.47. The van der Waals surface area contributed by atoms with Gasteiger partial charge in [-0.2, -0.15) is 0 Å². The first-order chi connectivity index (χ1) is 25.3. The van der Waals surface area contributed by atoms with Gasteiger partial charge >= 0.3 is 19.8 Å². The van der Waals surface area contributed by atoms with Crippen LogP contribution < -0.4 is 0 Å². The van der Waals surface area contributed by atoms with Crippen LogP contribution in [0.5, 0.6) is 0 Å². The van der Waals surface area contributed by atoms with Crippen molar-refractivity contribution in [1.82, 2.24) is 0 Å². The number of nitrogens with zero attached hydrogens (tertiary/aromatic N) is 1. The molecule has 10 nitrogen and oxygen atoms in total. The molecule has 0 fully saturated rings. The lowest BCUT2D eigenvalue weighted by Gasteiger charge is -2.24. The number of aliphatic hydroxyl groups is 1. The average Bonchev–Trinajstić information content (AvgIpc) is 3.08. The summed E-state index contributed by atoms with van der Waals surface area (Å²) in [6.45, 7) is 3.82. The van der Waals surface area contributed by atoms with Crippen molar-refractivity contribution in [1.29, 1.82) is 0 Å². The van der Waals surface area contributed by atoms with Gasteiger partial charge in [-0.3, -0.25) is 18.6 Å². The highest BCUT2D eigenvalue weighted by atomic mass is 31.2. The Hall–Kier alpha value is -2.33. The Labute approximate surface area is 322 Å². The normalized spacial score (nSPS) is 14.9. The van der Waals surface area contributed by atoms with Gasteiger partial charge in [0.05, 0.1) is 33.9 Å². The van der Waals surface area contributed by atoms with Gasteiger partial charge < -0.3 is 24.0 Å². The molecular weight excluding hydrogens is 693 g/mol. The SMILES string of the molecule is CCCC/C=C\CCCCCCCC(=O)OC[C@H](COP(=O)(O)OCC[N+](C)(C)C)OC(=O)CCC/C=C\C/C=C\C/C=C\C/C=C\CCC[C@H](C)O. The fraction of sp³-hybridized carbons (Fsp3) is 0.714. The number of hydrogen-bond acceptors (Lipinski definition) is 8. The van der Waals surface area contributed by atoms with Gasteiger partial charge in [-0.15, -0.1) is 0 Å².